The minimum absolute atomic E-state index is 0.108. The van der Waals surface area contributed by atoms with E-state index in [0.29, 0.717) is 12.1 Å². The molecule has 0 fully saturated rings. The average molecular weight is 321 g/mol. The number of rotatable bonds is 3. The summed E-state index contributed by atoms with van der Waals surface area (Å²) in [6.45, 7) is 0. The normalized spacial score (nSPS) is 12.3. The third-order valence-corrected chi connectivity index (χ3v) is 3.19. The third-order valence-electron chi connectivity index (χ3n) is 2.90. The monoisotopic (exact) mass is 320 g/mol. The molecule has 0 aliphatic rings. The van der Waals surface area contributed by atoms with Crippen molar-refractivity contribution in [3.8, 4) is 5.75 Å². The Bertz CT molecular complexity index is 668. The highest BCUT2D eigenvalue weighted by molar-refractivity contribution is 6.30. The molecule has 112 valence electrons. The summed E-state index contributed by atoms with van der Waals surface area (Å²) in [6, 6.07) is 2.86. The first-order chi connectivity index (χ1) is 9.85. The molecule has 0 saturated carbocycles. The minimum Gasteiger partial charge on any atom is -0.497 e. The molecule has 0 heterocycles. The predicted octanol–water partition coefficient (Wildman–Crippen LogP) is 3.99. The second kappa shape index (κ2) is 5.91. The Labute approximate surface area is 122 Å². The molecule has 2 nitrogen and oxygen atoms in total. The fraction of sp³-hybridized carbons (Fsp3) is 0.143. The molecule has 0 bridgehead atoms. The molecule has 1 atom stereocenters. The lowest BCUT2D eigenvalue weighted by atomic mass is 9.99. The van der Waals surface area contributed by atoms with Crippen molar-refractivity contribution >= 4 is 11.6 Å². The second-order valence-electron chi connectivity index (χ2n) is 4.20. The van der Waals surface area contributed by atoms with E-state index in [1.807, 2.05) is 0 Å². The number of hydrogen-bond acceptors (Lipinski definition) is 2. The first-order valence-electron chi connectivity index (χ1n) is 5.70. The Morgan fingerprint density at radius 1 is 0.952 bits per heavy atom. The van der Waals surface area contributed by atoms with Gasteiger partial charge in [-0.2, -0.15) is 0 Å². The molecular formula is C14H9ClF4O2. The SMILES string of the molecule is COc1cc(F)c(C(O)c2cc(F)c(Cl)cc2F)c(F)c1. The van der Waals surface area contributed by atoms with E-state index in [9.17, 15) is 22.7 Å². The predicted molar refractivity (Wildman–Crippen MR) is 68.3 cm³/mol. The van der Waals surface area contributed by atoms with Gasteiger partial charge in [-0.15, -0.1) is 0 Å². The van der Waals surface area contributed by atoms with Crippen molar-refractivity contribution in [1.29, 1.82) is 0 Å². The molecule has 0 radical (unpaired) electrons. The molecule has 0 amide bonds. The van der Waals surface area contributed by atoms with Gasteiger partial charge < -0.3 is 9.84 Å². The summed E-state index contributed by atoms with van der Waals surface area (Å²) < 4.78 is 59.3. The summed E-state index contributed by atoms with van der Waals surface area (Å²) in [4.78, 5) is 0. The van der Waals surface area contributed by atoms with E-state index in [0.717, 1.165) is 12.1 Å². The first kappa shape index (κ1) is 15.6. The smallest absolute Gasteiger partial charge is 0.142 e. The van der Waals surface area contributed by atoms with E-state index < -0.39 is 45.5 Å². The summed E-state index contributed by atoms with van der Waals surface area (Å²) in [7, 11) is 1.21. The van der Waals surface area contributed by atoms with E-state index in [-0.39, 0.29) is 5.75 Å². The van der Waals surface area contributed by atoms with Crippen LogP contribution in [0.1, 0.15) is 17.2 Å². The fourth-order valence-corrected chi connectivity index (χ4v) is 1.99. The van der Waals surface area contributed by atoms with E-state index in [1.165, 1.54) is 7.11 Å². The van der Waals surface area contributed by atoms with Gasteiger partial charge in [0.05, 0.1) is 17.7 Å². The van der Waals surface area contributed by atoms with Gasteiger partial charge in [0.25, 0.3) is 0 Å². The van der Waals surface area contributed by atoms with Crippen LogP contribution in [0, 0.1) is 23.3 Å². The molecule has 7 heteroatoms. The lowest BCUT2D eigenvalue weighted by Gasteiger charge is -2.15. The molecule has 1 unspecified atom stereocenters. The molecule has 2 aromatic rings. The van der Waals surface area contributed by atoms with Crippen molar-refractivity contribution in [2.24, 2.45) is 0 Å². The van der Waals surface area contributed by atoms with E-state index >= 15 is 0 Å². The van der Waals surface area contributed by atoms with E-state index in [4.69, 9.17) is 11.6 Å². The zero-order valence-corrected chi connectivity index (χ0v) is 11.4. The number of aliphatic hydroxyl groups excluding tert-OH is 1. The molecule has 0 saturated heterocycles. The van der Waals surface area contributed by atoms with Crippen LogP contribution in [0.4, 0.5) is 17.6 Å². The van der Waals surface area contributed by atoms with Crippen molar-refractivity contribution in [3.63, 3.8) is 0 Å². The van der Waals surface area contributed by atoms with Crippen LogP contribution in [0.5, 0.6) is 5.75 Å². The first-order valence-corrected chi connectivity index (χ1v) is 6.08. The lowest BCUT2D eigenvalue weighted by Crippen LogP contribution is -2.09. The summed E-state index contributed by atoms with van der Waals surface area (Å²) in [5, 5.41) is 9.44. The number of aliphatic hydroxyl groups is 1. The van der Waals surface area contributed by atoms with Crippen LogP contribution in [0.3, 0.4) is 0 Å². The number of methoxy groups -OCH3 is 1. The van der Waals surface area contributed by atoms with Crippen LogP contribution < -0.4 is 4.74 Å². The van der Waals surface area contributed by atoms with Crippen molar-refractivity contribution < 1.29 is 27.4 Å². The summed E-state index contributed by atoms with van der Waals surface area (Å²) in [5.74, 6) is -4.49. The number of ether oxygens (including phenoxy) is 1. The van der Waals surface area contributed by atoms with Crippen LogP contribution >= 0.6 is 11.6 Å². The molecule has 2 aromatic carbocycles. The second-order valence-corrected chi connectivity index (χ2v) is 4.60. The van der Waals surface area contributed by atoms with Gasteiger partial charge in [0, 0.05) is 17.7 Å². The Balaban J connectivity index is 2.55. The van der Waals surface area contributed by atoms with Crippen LogP contribution in [-0.4, -0.2) is 12.2 Å². The van der Waals surface area contributed by atoms with Gasteiger partial charge in [0.2, 0.25) is 0 Å². The highest BCUT2D eigenvalue weighted by Gasteiger charge is 2.24. The average Bonchev–Trinajstić information content (AvgIpc) is 2.41. The topological polar surface area (TPSA) is 29.5 Å². The maximum Gasteiger partial charge on any atom is 0.142 e. The summed E-state index contributed by atoms with van der Waals surface area (Å²) in [6.07, 6.45) is -2.03. The quantitative estimate of drug-likeness (QED) is 0.684. The summed E-state index contributed by atoms with van der Waals surface area (Å²) >= 11 is 5.38. The fourth-order valence-electron chi connectivity index (χ4n) is 1.84. The van der Waals surface area contributed by atoms with Crippen LogP contribution in [0.15, 0.2) is 24.3 Å². The zero-order chi connectivity index (χ0) is 15.7. The standard InChI is InChI=1S/C14H9ClF4O2/c1-21-6-2-11(18)13(12(19)3-6)14(20)7-4-10(17)8(15)5-9(7)16/h2-5,14,20H,1H3. The van der Waals surface area contributed by atoms with Gasteiger partial charge in [-0.25, -0.2) is 17.6 Å². The van der Waals surface area contributed by atoms with Gasteiger partial charge in [-0.1, -0.05) is 11.6 Å². The van der Waals surface area contributed by atoms with E-state index in [2.05, 4.69) is 4.74 Å². The molecule has 0 aliphatic carbocycles. The molecular weight excluding hydrogens is 312 g/mol. The largest absolute Gasteiger partial charge is 0.497 e. The van der Waals surface area contributed by atoms with Crippen LogP contribution in [0.25, 0.3) is 0 Å². The van der Waals surface area contributed by atoms with Crippen molar-refractivity contribution in [2.45, 2.75) is 6.10 Å². The Morgan fingerprint density at radius 2 is 1.52 bits per heavy atom. The maximum absolute atomic E-state index is 13.8. The summed E-state index contributed by atoms with van der Waals surface area (Å²) in [5.41, 5.74) is -1.43. The van der Waals surface area contributed by atoms with Gasteiger partial charge in [-0.3, -0.25) is 0 Å². The number of benzene rings is 2. The Hall–Kier alpha value is -1.79. The maximum atomic E-state index is 13.8. The van der Waals surface area contributed by atoms with Crippen molar-refractivity contribution in [2.75, 3.05) is 7.11 Å². The van der Waals surface area contributed by atoms with Crippen molar-refractivity contribution in [1.82, 2.24) is 0 Å². The molecule has 21 heavy (non-hydrogen) atoms. The van der Waals surface area contributed by atoms with Crippen molar-refractivity contribution in [3.05, 3.63) is 63.7 Å². The highest BCUT2D eigenvalue weighted by atomic mass is 35.5. The Morgan fingerprint density at radius 3 is 2.05 bits per heavy atom. The lowest BCUT2D eigenvalue weighted by molar-refractivity contribution is 0.203. The highest BCUT2D eigenvalue weighted by Crippen LogP contribution is 2.32. The van der Waals surface area contributed by atoms with Gasteiger partial charge in [0.15, 0.2) is 0 Å². The number of halogens is 5. The molecule has 2 rings (SSSR count). The van der Waals surface area contributed by atoms with Gasteiger partial charge >= 0.3 is 0 Å². The number of hydrogen-bond donors (Lipinski definition) is 1. The molecule has 0 aromatic heterocycles. The van der Waals surface area contributed by atoms with Gasteiger partial charge in [0.1, 0.15) is 35.1 Å². The van der Waals surface area contributed by atoms with Crippen LogP contribution in [0.2, 0.25) is 5.02 Å². The third kappa shape index (κ3) is 2.96. The van der Waals surface area contributed by atoms with Gasteiger partial charge in [-0.05, 0) is 12.1 Å². The molecule has 0 aliphatic heterocycles. The zero-order valence-electron chi connectivity index (χ0n) is 10.6. The van der Waals surface area contributed by atoms with E-state index in [1.54, 1.807) is 0 Å². The van der Waals surface area contributed by atoms with Crippen LogP contribution in [-0.2, 0) is 0 Å². The Kier molecular flexibility index (Phi) is 4.39. The molecule has 1 N–H and O–H groups in total. The molecule has 0 spiro atoms. The minimum atomic E-state index is -2.03.